The summed E-state index contributed by atoms with van der Waals surface area (Å²) in [6.07, 6.45) is 2.02. The zero-order chi connectivity index (χ0) is 12.3. The smallest absolute Gasteiger partial charge is 0.212 e. The van der Waals surface area contributed by atoms with Crippen molar-refractivity contribution in [2.75, 3.05) is 7.11 Å². The van der Waals surface area contributed by atoms with Crippen LogP contribution in [0.4, 0.5) is 0 Å². The standard InChI is InChI=1S/C12H10BrNO2S/c1-16-12-3-2-8(5-14-12)4-11(15)9-6-17-7-10(9)13/h2-3,5-7H,4H2,1H3. The van der Waals surface area contributed by atoms with Crippen LogP contribution in [0.1, 0.15) is 15.9 Å². The van der Waals surface area contributed by atoms with Crippen LogP contribution in [0, 0.1) is 0 Å². The summed E-state index contributed by atoms with van der Waals surface area (Å²) in [7, 11) is 1.57. The van der Waals surface area contributed by atoms with E-state index in [9.17, 15) is 4.79 Å². The SMILES string of the molecule is COc1ccc(CC(=O)c2cscc2Br)cn1. The predicted molar refractivity (Wildman–Crippen MR) is 70.8 cm³/mol. The average Bonchev–Trinajstić information content (AvgIpc) is 2.76. The van der Waals surface area contributed by atoms with E-state index in [2.05, 4.69) is 20.9 Å². The van der Waals surface area contributed by atoms with Gasteiger partial charge >= 0.3 is 0 Å². The molecular formula is C12H10BrNO2S. The van der Waals surface area contributed by atoms with Gasteiger partial charge in [-0.15, -0.1) is 0 Å². The largest absolute Gasteiger partial charge is 0.481 e. The minimum absolute atomic E-state index is 0.0880. The monoisotopic (exact) mass is 311 g/mol. The summed E-state index contributed by atoms with van der Waals surface area (Å²) in [6.45, 7) is 0. The van der Waals surface area contributed by atoms with E-state index in [0.29, 0.717) is 12.3 Å². The fourth-order valence-corrected chi connectivity index (χ4v) is 2.92. The first-order valence-corrected chi connectivity index (χ1v) is 6.68. The molecule has 0 fully saturated rings. The Kier molecular flexibility index (Phi) is 3.91. The number of carbonyl (C=O) groups excluding carboxylic acids is 1. The van der Waals surface area contributed by atoms with Crippen molar-refractivity contribution in [1.82, 2.24) is 4.98 Å². The summed E-state index contributed by atoms with van der Waals surface area (Å²) in [6, 6.07) is 3.61. The van der Waals surface area contributed by atoms with Gasteiger partial charge in [0.2, 0.25) is 5.88 Å². The molecule has 0 N–H and O–H groups in total. The number of hydrogen-bond donors (Lipinski definition) is 0. The molecule has 2 aromatic rings. The highest BCUT2D eigenvalue weighted by molar-refractivity contribution is 9.10. The Morgan fingerprint density at radius 3 is 2.82 bits per heavy atom. The van der Waals surface area contributed by atoms with Gasteiger partial charge in [0.05, 0.1) is 7.11 Å². The predicted octanol–water partition coefficient (Wildman–Crippen LogP) is 3.34. The van der Waals surface area contributed by atoms with Gasteiger partial charge in [-0.1, -0.05) is 6.07 Å². The molecular weight excluding hydrogens is 302 g/mol. The third kappa shape index (κ3) is 2.92. The summed E-state index contributed by atoms with van der Waals surface area (Å²) < 4.78 is 5.82. The third-order valence-corrected chi connectivity index (χ3v) is 3.99. The number of Topliss-reactive ketones (excluding diaryl/α,β-unsaturated/α-hetero) is 1. The number of ether oxygens (including phenoxy) is 1. The van der Waals surface area contributed by atoms with Crippen molar-refractivity contribution in [2.45, 2.75) is 6.42 Å². The van der Waals surface area contributed by atoms with E-state index in [-0.39, 0.29) is 5.78 Å². The van der Waals surface area contributed by atoms with E-state index in [1.54, 1.807) is 19.4 Å². The summed E-state index contributed by atoms with van der Waals surface area (Å²) in [4.78, 5) is 16.0. The van der Waals surface area contributed by atoms with E-state index in [0.717, 1.165) is 15.6 Å². The summed E-state index contributed by atoms with van der Waals surface area (Å²) in [5.74, 6) is 0.642. The first-order chi connectivity index (χ1) is 8.20. The fraction of sp³-hybridized carbons (Fsp3) is 0.167. The minimum atomic E-state index is 0.0880. The third-order valence-electron chi connectivity index (χ3n) is 2.29. The van der Waals surface area contributed by atoms with Gasteiger partial charge in [-0.2, -0.15) is 11.3 Å². The lowest BCUT2D eigenvalue weighted by atomic mass is 10.1. The maximum atomic E-state index is 12.0. The van der Waals surface area contributed by atoms with Crippen molar-refractivity contribution in [2.24, 2.45) is 0 Å². The molecule has 0 amide bonds. The molecule has 5 heteroatoms. The van der Waals surface area contributed by atoms with Crippen molar-refractivity contribution in [3.63, 3.8) is 0 Å². The molecule has 88 valence electrons. The molecule has 0 aliphatic heterocycles. The number of thiophene rings is 1. The number of ketones is 1. The number of hydrogen-bond acceptors (Lipinski definition) is 4. The Balaban J connectivity index is 2.10. The lowest BCUT2D eigenvalue weighted by molar-refractivity contribution is 0.0992. The summed E-state index contributed by atoms with van der Waals surface area (Å²) >= 11 is 4.86. The lowest BCUT2D eigenvalue weighted by Gasteiger charge is -2.02. The van der Waals surface area contributed by atoms with Crippen LogP contribution in [0.25, 0.3) is 0 Å². The topological polar surface area (TPSA) is 39.2 Å². The maximum absolute atomic E-state index is 12.0. The minimum Gasteiger partial charge on any atom is -0.481 e. The van der Waals surface area contributed by atoms with Crippen molar-refractivity contribution in [3.05, 3.63) is 44.7 Å². The lowest BCUT2D eigenvalue weighted by Crippen LogP contribution is -2.03. The molecule has 0 aliphatic rings. The molecule has 0 saturated heterocycles. The van der Waals surface area contributed by atoms with Crippen LogP contribution in [0.5, 0.6) is 5.88 Å². The first-order valence-electron chi connectivity index (χ1n) is 4.94. The van der Waals surface area contributed by atoms with Crippen molar-refractivity contribution >= 4 is 33.0 Å². The molecule has 2 heterocycles. The molecule has 3 nitrogen and oxygen atoms in total. The fourth-order valence-electron chi connectivity index (χ4n) is 1.40. The summed E-state index contributed by atoms with van der Waals surface area (Å²) in [5, 5.41) is 3.75. The quantitative estimate of drug-likeness (QED) is 0.813. The first kappa shape index (κ1) is 12.3. The number of pyridine rings is 1. The van der Waals surface area contributed by atoms with E-state index in [1.807, 2.05) is 16.8 Å². The Hall–Kier alpha value is -1.20. The molecule has 0 radical (unpaired) electrons. The van der Waals surface area contributed by atoms with Crippen LogP contribution in [-0.2, 0) is 6.42 Å². The molecule has 0 aliphatic carbocycles. The van der Waals surface area contributed by atoms with Gasteiger partial charge in [0, 0.05) is 39.5 Å². The second kappa shape index (κ2) is 5.42. The highest BCUT2D eigenvalue weighted by Crippen LogP contribution is 2.23. The molecule has 2 aromatic heterocycles. The van der Waals surface area contributed by atoms with Gasteiger partial charge in [-0.25, -0.2) is 4.98 Å². The molecule has 2 rings (SSSR count). The van der Waals surface area contributed by atoms with Crippen molar-refractivity contribution in [3.8, 4) is 5.88 Å². The van der Waals surface area contributed by atoms with E-state index in [1.165, 1.54) is 11.3 Å². The molecule has 0 spiro atoms. The Morgan fingerprint density at radius 2 is 2.29 bits per heavy atom. The molecule has 0 atom stereocenters. The highest BCUT2D eigenvalue weighted by atomic mass is 79.9. The maximum Gasteiger partial charge on any atom is 0.212 e. The second-order valence-corrected chi connectivity index (χ2v) is 5.04. The number of methoxy groups -OCH3 is 1. The van der Waals surface area contributed by atoms with Gasteiger partial charge in [-0.05, 0) is 21.5 Å². The molecule has 0 bridgehead atoms. The van der Waals surface area contributed by atoms with Gasteiger partial charge in [0.15, 0.2) is 5.78 Å². The molecule has 0 saturated carbocycles. The normalized spacial score (nSPS) is 10.2. The van der Waals surface area contributed by atoms with Crippen LogP contribution in [-0.4, -0.2) is 17.9 Å². The zero-order valence-corrected chi connectivity index (χ0v) is 11.5. The van der Waals surface area contributed by atoms with Gasteiger partial charge in [-0.3, -0.25) is 4.79 Å². The van der Waals surface area contributed by atoms with Gasteiger partial charge in [0.25, 0.3) is 0 Å². The Bertz CT molecular complexity index is 522. The highest BCUT2D eigenvalue weighted by Gasteiger charge is 2.11. The second-order valence-electron chi connectivity index (χ2n) is 3.44. The van der Waals surface area contributed by atoms with Crippen LogP contribution in [0.15, 0.2) is 33.6 Å². The molecule has 0 aromatic carbocycles. The number of halogens is 1. The van der Waals surface area contributed by atoms with E-state index >= 15 is 0 Å². The van der Waals surface area contributed by atoms with Gasteiger partial charge < -0.3 is 4.74 Å². The molecule has 17 heavy (non-hydrogen) atoms. The van der Waals surface area contributed by atoms with Crippen molar-refractivity contribution < 1.29 is 9.53 Å². The van der Waals surface area contributed by atoms with E-state index in [4.69, 9.17) is 4.74 Å². The number of rotatable bonds is 4. The van der Waals surface area contributed by atoms with E-state index < -0.39 is 0 Å². The van der Waals surface area contributed by atoms with Gasteiger partial charge in [0.1, 0.15) is 0 Å². The van der Waals surface area contributed by atoms with Crippen molar-refractivity contribution in [1.29, 1.82) is 0 Å². The summed E-state index contributed by atoms with van der Waals surface area (Å²) in [5.41, 5.74) is 1.61. The number of aromatic nitrogens is 1. The Morgan fingerprint density at radius 1 is 1.47 bits per heavy atom. The van der Waals surface area contributed by atoms with Crippen LogP contribution < -0.4 is 4.74 Å². The van der Waals surface area contributed by atoms with Crippen LogP contribution in [0.2, 0.25) is 0 Å². The Labute approximate surface area is 112 Å². The number of nitrogens with zero attached hydrogens (tertiary/aromatic N) is 1. The van der Waals surface area contributed by atoms with Crippen LogP contribution in [0.3, 0.4) is 0 Å². The molecule has 0 unspecified atom stereocenters. The average molecular weight is 312 g/mol. The van der Waals surface area contributed by atoms with Crippen LogP contribution >= 0.6 is 27.3 Å². The zero-order valence-electron chi connectivity index (χ0n) is 9.14. The number of carbonyl (C=O) groups is 1.